The van der Waals surface area contributed by atoms with Crippen LogP contribution >= 0.6 is 11.6 Å². The molecule has 0 heterocycles. The molecule has 180 valence electrons. The number of carbonyl (C=O) groups excluding carboxylic acids is 2. The second-order valence-corrected chi connectivity index (χ2v) is 9.57. The molecule has 7 heteroatoms. The first-order valence-corrected chi connectivity index (χ1v) is 11.5. The van der Waals surface area contributed by atoms with Gasteiger partial charge in [-0.25, -0.2) is 0 Å². The van der Waals surface area contributed by atoms with E-state index in [1.165, 1.54) is 0 Å². The fraction of sp³-hybridized carbons (Fsp3) is 0.462. The fourth-order valence-corrected chi connectivity index (χ4v) is 3.67. The van der Waals surface area contributed by atoms with Crippen molar-refractivity contribution in [1.29, 1.82) is 0 Å². The maximum Gasteiger partial charge on any atom is 0.261 e. The zero-order valence-electron chi connectivity index (χ0n) is 20.6. The van der Waals surface area contributed by atoms with Gasteiger partial charge in [0, 0.05) is 17.1 Å². The highest BCUT2D eigenvalue weighted by Gasteiger charge is 2.31. The predicted octanol–water partition coefficient (Wildman–Crippen LogP) is 5.07. The first kappa shape index (κ1) is 26.5. The molecule has 2 aromatic rings. The zero-order valence-corrected chi connectivity index (χ0v) is 21.4. The van der Waals surface area contributed by atoms with Crippen molar-refractivity contribution in [3.8, 4) is 11.5 Å². The summed E-state index contributed by atoms with van der Waals surface area (Å²) in [5.41, 5.74) is 2.21. The Morgan fingerprint density at radius 2 is 1.73 bits per heavy atom. The van der Waals surface area contributed by atoms with Crippen LogP contribution in [0.2, 0.25) is 5.02 Å². The van der Waals surface area contributed by atoms with Gasteiger partial charge < -0.3 is 19.7 Å². The summed E-state index contributed by atoms with van der Waals surface area (Å²) in [6.07, 6.45) is 0.469. The van der Waals surface area contributed by atoms with Crippen molar-refractivity contribution < 1.29 is 19.1 Å². The monoisotopic (exact) mass is 474 g/mol. The molecule has 1 atom stereocenters. The van der Waals surface area contributed by atoms with E-state index < -0.39 is 11.6 Å². The Bertz CT molecular complexity index is 961. The number of methoxy groups -OCH3 is 1. The van der Waals surface area contributed by atoms with E-state index in [4.69, 9.17) is 21.1 Å². The molecule has 33 heavy (non-hydrogen) atoms. The Kier molecular flexibility index (Phi) is 9.17. The van der Waals surface area contributed by atoms with Gasteiger partial charge in [0.2, 0.25) is 5.91 Å². The number of ether oxygens (including phenoxy) is 2. The molecule has 0 fully saturated rings. The van der Waals surface area contributed by atoms with Gasteiger partial charge in [-0.3, -0.25) is 9.59 Å². The summed E-state index contributed by atoms with van der Waals surface area (Å²) in [7, 11) is 1.59. The van der Waals surface area contributed by atoms with Crippen LogP contribution in [-0.2, 0) is 16.1 Å². The van der Waals surface area contributed by atoms with Crippen LogP contribution in [-0.4, -0.2) is 42.0 Å². The highest BCUT2D eigenvalue weighted by atomic mass is 35.5. The number of hydrogen-bond acceptors (Lipinski definition) is 4. The van der Waals surface area contributed by atoms with Crippen molar-refractivity contribution in [2.75, 3.05) is 13.7 Å². The van der Waals surface area contributed by atoms with Gasteiger partial charge in [0.1, 0.15) is 17.5 Å². The molecule has 0 aliphatic carbocycles. The van der Waals surface area contributed by atoms with Gasteiger partial charge in [0.25, 0.3) is 5.91 Å². The Labute approximate surface area is 202 Å². The van der Waals surface area contributed by atoms with Crippen LogP contribution in [0, 0.1) is 13.8 Å². The average Bonchev–Trinajstić information content (AvgIpc) is 2.74. The van der Waals surface area contributed by atoms with E-state index in [1.807, 2.05) is 65.8 Å². The van der Waals surface area contributed by atoms with Crippen LogP contribution in [0.3, 0.4) is 0 Å². The number of benzene rings is 2. The Morgan fingerprint density at radius 3 is 2.27 bits per heavy atom. The topological polar surface area (TPSA) is 67.9 Å². The lowest BCUT2D eigenvalue weighted by Crippen LogP contribution is -2.54. The van der Waals surface area contributed by atoms with Gasteiger partial charge in [0.15, 0.2) is 6.61 Å². The maximum absolute atomic E-state index is 13.3. The van der Waals surface area contributed by atoms with Gasteiger partial charge in [-0.2, -0.15) is 0 Å². The standard InChI is InChI=1S/C26H35ClN2O4/c1-8-22(25(31)28-26(4,5)6)29(15-19-10-9-11-20(14-19)32-7)23(30)16-33-21-12-17(2)24(27)18(3)13-21/h9-14,22H,8,15-16H2,1-7H3,(H,28,31)/t22-/m1/s1. The third kappa shape index (κ3) is 7.67. The second kappa shape index (κ2) is 11.4. The van der Waals surface area contributed by atoms with Crippen molar-refractivity contribution in [3.63, 3.8) is 0 Å². The minimum Gasteiger partial charge on any atom is -0.497 e. The first-order chi connectivity index (χ1) is 15.4. The predicted molar refractivity (Wildman–Crippen MR) is 132 cm³/mol. The third-order valence-corrected chi connectivity index (χ3v) is 5.74. The molecule has 0 saturated heterocycles. The second-order valence-electron chi connectivity index (χ2n) is 9.20. The molecule has 6 nitrogen and oxygen atoms in total. The lowest BCUT2D eigenvalue weighted by molar-refractivity contribution is -0.143. The molecule has 0 radical (unpaired) electrons. The van der Waals surface area contributed by atoms with Crippen LogP contribution in [0.25, 0.3) is 0 Å². The summed E-state index contributed by atoms with van der Waals surface area (Å²) in [5, 5.41) is 3.67. The fourth-order valence-electron chi connectivity index (χ4n) is 3.56. The Morgan fingerprint density at radius 1 is 1.09 bits per heavy atom. The number of nitrogens with one attached hydrogen (secondary N) is 1. The molecule has 2 rings (SSSR count). The van der Waals surface area contributed by atoms with Gasteiger partial charge in [-0.15, -0.1) is 0 Å². The first-order valence-electron chi connectivity index (χ1n) is 11.1. The third-order valence-electron chi connectivity index (χ3n) is 5.14. The SMILES string of the molecule is CC[C@H](C(=O)NC(C)(C)C)N(Cc1cccc(OC)c1)C(=O)COc1cc(C)c(Cl)c(C)c1. The Hall–Kier alpha value is -2.73. The van der Waals surface area contributed by atoms with Crippen molar-refractivity contribution in [2.24, 2.45) is 0 Å². The summed E-state index contributed by atoms with van der Waals surface area (Å²) >= 11 is 6.24. The van der Waals surface area contributed by atoms with Gasteiger partial charge in [0.05, 0.1) is 7.11 Å². The molecule has 1 N–H and O–H groups in total. The lowest BCUT2D eigenvalue weighted by atomic mass is 10.1. The van der Waals surface area contributed by atoms with Gasteiger partial charge in [-0.1, -0.05) is 30.7 Å². The van der Waals surface area contributed by atoms with Crippen LogP contribution in [0.1, 0.15) is 50.8 Å². The molecule has 0 spiro atoms. The van der Waals surface area contributed by atoms with Crippen LogP contribution in [0.4, 0.5) is 0 Å². The van der Waals surface area contributed by atoms with E-state index in [1.54, 1.807) is 24.1 Å². The number of hydrogen-bond donors (Lipinski definition) is 1. The minimum absolute atomic E-state index is 0.191. The molecule has 2 aromatic carbocycles. The lowest BCUT2D eigenvalue weighted by Gasteiger charge is -2.33. The van der Waals surface area contributed by atoms with Crippen molar-refractivity contribution in [2.45, 2.75) is 66.1 Å². The van der Waals surface area contributed by atoms with E-state index >= 15 is 0 Å². The quantitative estimate of drug-likeness (QED) is 0.551. The molecule has 0 aromatic heterocycles. The van der Waals surface area contributed by atoms with Crippen LogP contribution < -0.4 is 14.8 Å². The van der Waals surface area contributed by atoms with E-state index in [9.17, 15) is 9.59 Å². The number of rotatable bonds is 9. The van der Waals surface area contributed by atoms with Crippen molar-refractivity contribution in [3.05, 3.63) is 58.1 Å². The Balaban J connectivity index is 2.29. The van der Waals surface area contributed by atoms with Crippen molar-refractivity contribution in [1.82, 2.24) is 10.2 Å². The van der Waals surface area contributed by atoms with Gasteiger partial charge >= 0.3 is 0 Å². The van der Waals surface area contributed by atoms with Crippen molar-refractivity contribution >= 4 is 23.4 Å². The molecule has 0 aliphatic rings. The summed E-state index contributed by atoms with van der Waals surface area (Å²) in [5.74, 6) is 0.783. The van der Waals surface area contributed by atoms with E-state index in [-0.39, 0.29) is 25.0 Å². The van der Waals surface area contributed by atoms with Crippen LogP contribution in [0.5, 0.6) is 11.5 Å². The van der Waals surface area contributed by atoms with Crippen LogP contribution in [0.15, 0.2) is 36.4 Å². The molecular weight excluding hydrogens is 440 g/mol. The molecular formula is C26H35ClN2O4. The smallest absolute Gasteiger partial charge is 0.261 e. The number of halogens is 1. The zero-order chi connectivity index (χ0) is 24.8. The minimum atomic E-state index is -0.639. The molecule has 0 aliphatic heterocycles. The summed E-state index contributed by atoms with van der Waals surface area (Å²) in [6.45, 7) is 11.5. The molecule has 2 amide bonds. The van der Waals surface area contributed by atoms with E-state index in [0.29, 0.717) is 22.9 Å². The summed E-state index contributed by atoms with van der Waals surface area (Å²) < 4.78 is 11.1. The largest absolute Gasteiger partial charge is 0.497 e. The van der Waals surface area contributed by atoms with E-state index in [0.717, 1.165) is 16.7 Å². The maximum atomic E-state index is 13.3. The average molecular weight is 475 g/mol. The number of nitrogens with zero attached hydrogens (tertiary/aromatic N) is 1. The molecule has 0 saturated carbocycles. The number of carbonyl (C=O) groups is 2. The summed E-state index contributed by atoms with van der Waals surface area (Å²) in [4.78, 5) is 28.0. The highest BCUT2D eigenvalue weighted by Crippen LogP contribution is 2.26. The number of amides is 2. The highest BCUT2D eigenvalue weighted by molar-refractivity contribution is 6.32. The normalized spacial score (nSPS) is 12.1. The molecule has 0 bridgehead atoms. The van der Waals surface area contributed by atoms with Gasteiger partial charge in [-0.05, 0) is 82.0 Å². The number of aryl methyl sites for hydroxylation is 2. The summed E-state index contributed by atoms with van der Waals surface area (Å²) in [6, 6.07) is 10.4. The van der Waals surface area contributed by atoms with E-state index in [2.05, 4.69) is 5.32 Å². The molecule has 0 unspecified atom stereocenters.